The maximum absolute atomic E-state index is 15.2. The SMILES string of the molecule is CC(c1ccc(-c2cncc(O)c2)cc1F)N1CCN(c2ccc(C(=O)NS(=O)(=O)CC34CC5CC(CC(C5)C3)C4)cc2)CC1. The Morgan fingerprint density at radius 2 is 1.60 bits per heavy atom. The summed E-state index contributed by atoms with van der Waals surface area (Å²) in [7, 11) is -3.74. The molecule has 8 nitrogen and oxygen atoms in total. The topological polar surface area (TPSA) is 103 Å². The van der Waals surface area contributed by atoms with Crippen molar-refractivity contribution in [3.63, 3.8) is 0 Å². The second kappa shape index (κ2) is 11.7. The van der Waals surface area contributed by atoms with Crippen LogP contribution in [0, 0.1) is 29.0 Å². The van der Waals surface area contributed by atoms with Crippen LogP contribution >= 0.6 is 0 Å². The fourth-order valence-corrected chi connectivity index (χ4v) is 10.8. The summed E-state index contributed by atoms with van der Waals surface area (Å²) in [5.74, 6) is 1.19. The second-order valence-electron chi connectivity index (χ2n) is 14.0. The van der Waals surface area contributed by atoms with Crippen LogP contribution in [0.15, 0.2) is 60.9 Å². The van der Waals surface area contributed by atoms with E-state index in [9.17, 15) is 18.3 Å². The molecule has 1 amide bonds. The summed E-state index contributed by atoms with van der Waals surface area (Å²) >= 11 is 0. The molecule has 2 N–H and O–H groups in total. The van der Waals surface area contributed by atoms with Gasteiger partial charge < -0.3 is 10.0 Å². The summed E-state index contributed by atoms with van der Waals surface area (Å²) in [6.45, 7) is 4.97. The Bertz CT molecular complexity index is 1650. The van der Waals surface area contributed by atoms with E-state index >= 15 is 4.39 Å². The third-order valence-electron chi connectivity index (χ3n) is 10.8. The van der Waals surface area contributed by atoms with Crippen molar-refractivity contribution in [2.45, 2.75) is 51.5 Å². The van der Waals surface area contributed by atoms with Crippen LogP contribution in [0.1, 0.15) is 67.4 Å². The number of anilines is 1. The van der Waals surface area contributed by atoms with E-state index in [1.165, 1.54) is 31.5 Å². The molecule has 1 atom stereocenters. The minimum absolute atomic E-state index is 0.0384. The lowest BCUT2D eigenvalue weighted by atomic mass is 9.50. The van der Waals surface area contributed by atoms with Crippen LogP contribution < -0.4 is 9.62 Å². The van der Waals surface area contributed by atoms with Gasteiger partial charge in [-0.3, -0.25) is 14.7 Å². The molecule has 4 aliphatic carbocycles. The Morgan fingerprint density at radius 3 is 2.20 bits per heavy atom. The number of rotatable bonds is 8. The summed E-state index contributed by atoms with van der Waals surface area (Å²) < 4.78 is 43.8. The molecule has 0 radical (unpaired) electrons. The highest BCUT2D eigenvalue weighted by Crippen LogP contribution is 2.60. The van der Waals surface area contributed by atoms with Crippen molar-refractivity contribution in [3.8, 4) is 16.9 Å². The van der Waals surface area contributed by atoms with E-state index in [0.717, 1.165) is 51.1 Å². The van der Waals surface area contributed by atoms with Crippen LogP contribution in [-0.4, -0.2) is 61.2 Å². The molecule has 1 unspecified atom stereocenters. The molecule has 45 heavy (non-hydrogen) atoms. The third kappa shape index (κ3) is 6.31. The Labute approximate surface area is 264 Å². The lowest BCUT2D eigenvalue weighted by molar-refractivity contribution is -0.0391. The number of nitrogens with zero attached hydrogens (tertiary/aromatic N) is 3. The van der Waals surface area contributed by atoms with Gasteiger partial charge in [0, 0.05) is 60.8 Å². The van der Waals surface area contributed by atoms with Crippen molar-refractivity contribution in [2.24, 2.45) is 23.2 Å². The lowest BCUT2D eigenvalue weighted by Gasteiger charge is -2.56. The molecule has 1 aromatic heterocycles. The van der Waals surface area contributed by atoms with E-state index in [1.807, 2.05) is 25.1 Å². The highest BCUT2D eigenvalue weighted by Gasteiger charge is 2.52. The monoisotopic (exact) mass is 632 g/mol. The van der Waals surface area contributed by atoms with Crippen LogP contribution in [0.2, 0.25) is 0 Å². The number of aromatic hydroxyl groups is 1. The maximum atomic E-state index is 15.2. The summed E-state index contributed by atoms with van der Waals surface area (Å²) in [5.41, 5.74) is 3.07. The van der Waals surface area contributed by atoms with Gasteiger partial charge in [-0.25, -0.2) is 17.5 Å². The Morgan fingerprint density at radius 1 is 0.956 bits per heavy atom. The molecule has 1 aliphatic heterocycles. The van der Waals surface area contributed by atoms with Gasteiger partial charge in [-0.15, -0.1) is 0 Å². The molecule has 4 bridgehead atoms. The lowest BCUT2D eigenvalue weighted by Crippen LogP contribution is -2.51. The fraction of sp³-hybridized carbons (Fsp3) is 0.486. The average Bonchev–Trinajstić information content (AvgIpc) is 2.99. The molecule has 2 aromatic carbocycles. The van der Waals surface area contributed by atoms with Crippen LogP contribution in [0.4, 0.5) is 10.1 Å². The van der Waals surface area contributed by atoms with Crippen molar-refractivity contribution in [3.05, 3.63) is 77.9 Å². The van der Waals surface area contributed by atoms with Crippen molar-refractivity contribution >= 4 is 21.6 Å². The molecule has 8 rings (SSSR count). The van der Waals surface area contributed by atoms with Crippen molar-refractivity contribution < 1.29 is 22.7 Å². The number of pyridine rings is 1. The van der Waals surface area contributed by atoms with Gasteiger partial charge >= 0.3 is 0 Å². The molecular weight excluding hydrogens is 591 g/mol. The number of benzene rings is 2. The number of sulfonamides is 1. The molecular formula is C35H41FN4O4S. The van der Waals surface area contributed by atoms with E-state index in [4.69, 9.17) is 0 Å². The van der Waals surface area contributed by atoms with Crippen molar-refractivity contribution in [1.82, 2.24) is 14.6 Å². The smallest absolute Gasteiger partial charge is 0.264 e. The van der Waals surface area contributed by atoms with Gasteiger partial charge in [-0.05, 0) is 111 Å². The Hall–Kier alpha value is -3.50. The first-order chi connectivity index (χ1) is 21.5. The molecule has 1 saturated heterocycles. The first-order valence-electron chi connectivity index (χ1n) is 16.1. The minimum atomic E-state index is -3.74. The number of nitrogens with one attached hydrogen (secondary N) is 1. The molecule has 2 heterocycles. The van der Waals surface area contributed by atoms with Gasteiger partial charge in [0.05, 0.1) is 11.9 Å². The van der Waals surface area contributed by atoms with E-state index in [2.05, 4.69) is 19.5 Å². The maximum Gasteiger partial charge on any atom is 0.264 e. The quantitative estimate of drug-likeness (QED) is 0.326. The number of hydrogen-bond donors (Lipinski definition) is 2. The molecule has 10 heteroatoms. The molecule has 5 aliphatic rings. The van der Waals surface area contributed by atoms with Gasteiger partial charge in [0.1, 0.15) is 11.6 Å². The molecule has 3 aromatic rings. The number of halogens is 1. The Kier molecular flexibility index (Phi) is 7.84. The Balaban J connectivity index is 0.934. The van der Waals surface area contributed by atoms with Crippen LogP contribution in [-0.2, 0) is 10.0 Å². The number of piperazine rings is 1. The largest absolute Gasteiger partial charge is 0.506 e. The molecule has 238 valence electrons. The zero-order chi connectivity index (χ0) is 31.3. The van der Waals surface area contributed by atoms with Gasteiger partial charge in [0.15, 0.2) is 0 Å². The van der Waals surface area contributed by atoms with Crippen LogP contribution in [0.25, 0.3) is 11.1 Å². The molecule has 0 spiro atoms. The summed E-state index contributed by atoms with van der Waals surface area (Å²) in [5, 5.41) is 9.71. The highest BCUT2D eigenvalue weighted by molar-refractivity contribution is 7.90. The number of carbonyl (C=O) groups excluding carboxylic acids is 1. The van der Waals surface area contributed by atoms with Crippen molar-refractivity contribution in [1.29, 1.82) is 0 Å². The van der Waals surface area contributed by atoms with E-state index in [1.54, 1.807) is 30.5 Å². The first kappa shape index (κ1) is 30.2. The van der Waals surface area contributed by atoms with E-state index in [-0.39, 0.29) is 28.8 Å². The highest BCUT2D eigenvalue weighted by atomic mass is 32.2. The third-order valence-corrected chi connectivity index (χ3v) is 12.3. The predicted octanol–water partition coefficient (Wildman–Crippen LogP) is 5.75. The zero-order valence-electron chi connectivity index (χ0n) is 25.7. The summed E-state index contributed by atoms with van der Waals surface area (Å²) in [6, 6.07) is 13.7. The summed E-state index contributed by atoms with van der Waals surface area (Å²) in [6.07, 6.45) is 9.63. The first-order valence-corrected chi connectivity index (χ1v) is 17.8. The fourth-order valence-electron chi connectivity index (χ4n) is 9.13. The predicted molar refractivity (Wildman–Crippen MR) is 172 cm³/mol. The number of carbonyl (C=O) groups is 1. The summed E-state index contributed by atoms with van der Waals surface area (Å²) in [4.78, 5) is 21.4. The molecule has 5 fully saturated rings. The van der Waals surface area contributed by atoms with Gasteiger partial charge in [-0.2, -0.15) is 0 Å². The van der Waals surface area contributed by atoms with Gasteiger partial charge in [-0.1, -0.05) is 12.1 Å². The molecule has 4 saturated carbocycles. The second-order valence-corrected chi connectivity index (χ2v) is 15.7. The van der Waals surface area contributed by atoms with Crippen LogP contribution in [0.5, 0.6) is 5.75 Å². The average molecular weight is 633 g/mol. The number of aromatic nitrogens is 1. The van der Waals surface area contributed by atoms with Gasteiger partial charge in [0.25, 0.3) is 5.91 Å². The number of hydrogen-bond acceptors (Lipinski definition) is 7. The van der Waals surface area contributed by atoms with E-state index in [0.29, 0.717) is 40.0 Å². The van der Waals surface area contributed by atoms with Crippen molar-refractivity contribution in [2.75, 3.05) is 36.8 Å². The van der Waals surface area contributed by atoms with Crippen LogP contribution in [0.3, 0.4) is 0 Å². The van der Waals surface area contributed by atoms with Gasteiger partial charge in [0.2, 0.25) is 10.0 Å². The zero-order valence-corrected chi connectivity index (χ0v) is 26.5. The minimum Gasteiger partial charge on any atom is -0.506 e. The standard InChI is InChI=1S/C35H41FN4O4S/c1-23(32-7-4-28(16-33(32)36)29-15-31(41)21-37-20-29)39-8-10-40(11-9-39)30-5-2-27(3-6-30)34(42)38-45(43,44)22-35-17-24-12-25(18-35)14-26(13-24)19-35/h2-7,15-16,20-21,23-26,41H,8-14,17-19,22H2,1H3,(H,38,42). The normalized spacial score (nSPS) is 27.0. The van der Waals surface area contributed by atoms with E-state index < -0.39 is 15.9 Å². The number of amides is 1.